The molecule has 0 bridgehead atoms. The molecule has 26 heavy (non-hydrogen) atoms. The Morgan fingerprint density at radius 2 is 2.27 bits per heavy atom. The van der Waals surface area contributed by atoms with Crippen molar-refractivity contribution in [1.82, 2.24) is 29.9 Å². The Hall–Kier alpha value is -2.56. The SMILES string of the molecule is CCn1c([C@H]2CCCN(C(=O)CCC(=O)Nc3nncs3)C2)n[nH]c1=O. The van der Waals surface area contributed by atoms with E-state index in [2.05, 4.69) is 25.7 Å². The van der Waals surface area contributed by atoms with Crippen LogP contribution in [-0.4, -0.2) is 54.8 Å². The smallest absolute Gasteiger partial charge is 0.342 e. The molecular formula is C15H21N7O3S. The summed E-state index contributed by atoms with van der Waals surface area (Å²) < 4.78 is 1.61. The molecule has 0 radical (unpaired) electrons. The Morgan fingerprint density at radius 1 is 1.42 bits per heavy atom. The van der Waals surface area contributed by atoms with Gasteiger partial charge in [-0.05, 0) is 19.8 Å². The number of piperidine rings is 1. The van der Waals surface area contributed by atoms with Gasteiger partial charge in [-0.15, -0.1) is 10.2 Å². The molecule has 0 saturated carbocycles. The molecule has 3 heterocycles. The van der Waals surface area contributed by atoms with Gasteiger partial charge in [-0.3, -0.25) is 14.2 Å². The summed E-state index contributed by atoms with van der Waals surface area (Å²) in [6.07, 6.45) is 1.96. The molecule has 1 fully saturated rings. The van der Waals surface area contributed by atoms with Gasteiger partial charge < -0.3 is 10.2 Å². The maximum absolute atomic E-state index is 12.5. The summed E-state index contributed by atoms with van der Waals surface area (Å²) in [5.41, 5.74) is 1.30. The summed E-state index contributed by atoms with van der Waals surface area (Å²) in [5, 5.41) is 17.0. The number of nitrogens with zero attached hydrogens (tertiary/aromatic N) is 5. The predicted octanol–water partition coefficient (Wildman–Crippen LogP) is 0.568. The molecule has 2 aromatic rings. The Morgan fingerprint density at radius 3 is 3.00 bits per heavy atom. The average Bonchev–Trinajstić information content (AvgIpc) is 3.29. The molecular weight excluding hydrogens is 358 g/mol. The first-order chi connectivity index (χ1) is 12.6. The largest absolute Gasteiger partial charge is 0.343 e. The zero-order valence-electron chi connectivity index (χ0n) is 14.5. The van der Waals surface area contributed by atoms with E-state index in [9.17, 15) is 14.4 Å². The summed E-state index contributed by atoms with van der Waals surface area (Å²) in [4.78, 5) is 37.8. The van der Waals surface area contributed by atoms with Crippen LogP contribution in [0.4, 0.5) is 5.13 Å². The van der Waals surface area contributed by atoms with Crippen molar-refractivity contribution in [3.63, 3.8) is 0 Å². The second kappa shape index (κ2) is 8.21. The van der Waals surface area contributed by atoms with Crippen LogP contribution in [0, 0.1) is 0 Å². The zero-order chi connectivity index (χ0) is 18.5. The van der Waals surface area contributed by atoms with E-state index in [1.54, 1.807) is 9.47 Å². The lowest BCUT2D eigenvalue weighted by molar-refractivity contribution is -0.134. The first-order valence-electron chi connectivity index (χ1n) is 8.57. The highest BCUT2D eigenvalue weighted by atomic mass is 32.1. The highest BCUT2D eigenvalue weighted by Crippen LogP contribution is 2.25. The van der Waals surface area contributed by atoms with Crippen LogP contribution >= 0.6 is 11.3 Å². The number of nitrogens with one attached hydrogen (secondary N) is 2. The van der Waals surface area contributed by atoms with Crippen molar-refractivity contribution in [2.75, 3.05) is 18.4 Å². The number of carbonyl (C=O) groups is 2. The van der Waals surface area contributed by atoms with Crippen molar-refractivity contribution in [3.05, 3.63) is 21.8 Å². The Labute approximate surface area is 153 Å². The van der Waals surface area contributed by atoms with Gasteiger partial charge in [0, 0.05) is 38.4 Å². The fraction of sp³-hybridized carbons (Fsp3) is 0.600. The van der Waals surface area contributed by atoms with Crippen molar-refractivity contribution < 1.29 is 9.59 Å². The number of H-pyrrole nitrogens is 1. The molecule has 11 heteroatoms. The standard InChI is InChI=1S/C15H21N7O3S/c1-2-22-13(18-20-15(22)25)10-4-3-7-21(8-10)12(24)6-5-11(23)17-14-19-16-9-26-14/h9-10H,2-8H2,1H3,(H,20,25)(H,17,19,23)/t10-/m0/s1. The van der Waals surface area contributed by atoms with E-state index in [0.29, 0.717) is 30.6 Å². The molecule has 0 unspecified atom stereocenters. The monoisotopic (exact) mass is 379 g/mol. The van der Waals surface area contributed by atoms with Crippen molar-refractivity contribution in [2.24, 2.45) is 0 Å². The van der Waals surface area contributed by atoms with Gasteiger partial charge >= 0.3 is 5.69 Å². The fourth-order valence-corrected chi connectivity index (χ4v) is 3.61. The number of amides is 2. The van der Waals surface area contributed by atoms with Gasteiger partial charge in [-0.2, -0.15) is 5.10 Å². The van der Waals surface area contributed by atoms with E-state index in [1.165, 1.54) is 16.8 Å². The minimum atomic E-state index is -0.254. The number of anilines is 1. The van der Waals surface area contributed by atoms with Crippen LogP contribution in [0.5, 0.6) is 0 Å². The van der Waals surface area contributed by atoms with Gasteiger partial charge in [-0.1, -0.05) is 11.3 Å². The topological polar surface area (TPSA) is 126 Å². The number of rotatable bonds is 6. The highest BCUT2D eigenvalue weighted by Gasteiger charge is 2.28. The summed E-state index contributed by atoms with van der Waals surface area (Å²) >= 11 is 1.23. The van der Waals surface area contributed by atoms with Crippen molar-refractivity contribution in [3.8, 4) is 0 Å². The number of hydrogen-bond donors (Lipinski definition) is 2. The van der Waals surface area contributed by atoms with Crippen LogP contribution in [0.1, 0.15) is 44.3 Å². The Kier molecular flexibility index (Phi) is 5.76. The second-order valence-electron chi connectivity index (χ2n) is 6.10. The van der Waals surface area contributed by atoms with E-state index < -0.39 is 0 Å². The number of likely N-dealkylation sites (tertiary alicyclic amines) is 1. The van der Waals surface area contributed by atoms with Gasteiger partial charge in [0.15, 0.2) is 0 Å². The molecule has 1 saturated heterocycles. The molecule has 0 spiro atoms. The lowest BCUT2D eigenvalue weighted by Gasteiger charge is -2.32. The Balaban J connectivity index is 1.54. The minimum absolute atomic E-state index is 0.0295. The summed E-state index contributed by atoms with van der Waals surface area (Å²) in [6.45, 7) is 3.61. The average molecular weight is 379 g/mol. The molecule has 1 aliphatic rings. The van der Waals surface area contributed by atoms with Gasteiger partial charge in [0.05, 0.1) is 0 Å². The molecule has 0 aromatic carbocycles. The van der Waals surface area contributed by atoms with E-state index in [0.717, 1.165) is 12.8 Å². The van der Waals surface area contributed by atoms with Crippen LogP contribution in [0.2, 0.25) is 0 Å². The second-order valence-corrected chi connectivity index (χ2v) is 6.94. The molecule has 140 valence electrons. The fourth-order valence-electron chi connectivity index (χ4n) is 3.15. The number of hydrogen-bond acceptors (Lipinski definition) is 7. The van der Waals surface area contributed by atoms with Crippen molar-refractivity contribution in [2.45, 2.75) is 45.1 Å². The van der Waals surface area contributed by atoms with Crippen LogP contribution in [0.3, 0.4) is 0 Å². The minimum Gasteiger partial charge on any atom is -0.342 e. The highest BCUT2D eigenvalue weighted by molar-refractivity contribution is 7.13. The normalized spacial score (nSPS) is 17.3. The molecule has 0 aliphatic carbocycles. The van der Waals surface area contributed by atoms with E-state index in [1.807, 2.05) is 6.92 Å². The molecule has 1 aliphatic heterocycles. The zero-order valence-corrected chi connectivity index (χ0v) is 15.3. The quantitative estimate of drug-likeness (QED) is 0.756. The summed E-state index contributed by atoms with van der Waals surface area (Å²) in [5.74, 6) is 0.407. The van der Waals surface area contributed by atoms with Crippen molar-refractivity contribution in [1.29, 1.82) is 0 Å². The summed E-state index contributed by atoms with van der Waals surface area (Å²) in [6, 6.07) is 0. The number of aromatic amines is 1. The van der Waals surface area contributed by atoms with E-state index >= 15 is 0 Å². The van der Waals surface area contributed by atoms with Gasteiger partial charge in [-0.25, -0.2) is 9.89 Å². The van der Waals surface area contributed by atoms with Gasteiger partial charge in [0.1, 0.15) is 11.3 Å². The molecule has 10 nitrogen and oxygen atoms in total. The third kappa shape index (κ3) is 4.15. The van der Waals surface area contributed by atoms with Crippen molar-refractivity contribution >= 4 is 28.3 Å². The third-order valence-corrected chi connectivity index (χ3v) is 5.02. The van der Waals surface area contributed by atoms with Crippen LogP contribution < -0.4 is 11.0 Å². The Bertz CT molecular complexity index is 814. The number of carbonyl (C=O) groups excluding carboxylic acids is 2. The molecule has 3 rings (SSSR count). The van der Waals surface area contributed by atoms with Gasteiger partial charge in [0.2, 0.25) is 16.9 Å². The molecule has 2 amide bonds. The van der Waals surface area contributed by atoms with E-state index in [4.69, 9.17) is 0 Å². The molecule has 2 N–H and O–H groups in total. The van der Waals surface area contributed by atoms with Gasteiger partial charge in [0.25, 0.3) is 0 Å². The maximum atomic E-state index is 12.5. The molecule has 2 aromatic heterocycles. The van der Waals surface area contributed by atoms with Crippen LogP contribution in [0.25, 0.3) is 0 Å². The van der Waals surface area contributed by atoms with Crippen LogP contribution in [-0.2, 0) is 16.1 Å². The lowest BCUT2D eigenvalue weighted by atomic mass is 9.96. The lowest BCUT2D eigenvalue weighted by Crippen LogP contribution is -2.40. The number of aromatic nitrogens is 5. The first kappa shape index (κ1) is 18.2. The van der Waals surface area contributed by atoms with E-state index in [-0.39, 0.29) is 36.3 Å². The first-order valence-corrected chi connectivity index (χ1v) is 9.45. The summed E-state index contributed by atoms with van der Waals surface area (Å²) in [7, 11) is 0. The maximum Gasteiger partial charge on any atom is 0.343 e. The third-order valence-electron chi connectivity index (χ3n) is 4.42. The molecule has 1 atom stereocenters. The predicted molar refractivity (Wildman–Crippen MR) is 94.8 cm³/mol. The van der Waals surface area contributed by atoms with Crippen LogP contribution in [0.15, 0.2) is 10.3 Å².